The lowest BCUT2D eigenvalue weighted by molar-refractivity contribution is 0.0753. The molecule has 0 spiro atoms. The number of nitrogens with one attached hydrogen (secondary N) is 1. The van der Waals surface area contributed by atoms with Gasteiger partial charge in [0.25, 0.3) is 5.91 Å². The van der Waals surface area contributed by atoms with Crippen molar-refractivity contribution in [1.82, 2.24) is 15.1 Å². The molecule has 1 fully saturated rings. The van der Waals surface area contributed by atoms with Crippen molar-refractivity contribution in [2.24, 2.45) is 0 Å². The van der Waals surface area contributed by atoms with E-state index in [1.807, 2.05) is 48.2 Å². The maximum atomic E-state index is 12.8. The van der Waals surface area contributed by atoms with Crippen LogP contribution in [0.5, 0.6) is 0 Å². The number of hydrogen-bond donors (Lipinski definition) is 1. The van der Waals surface area contributed by atoms with Gasteiger partial charge in [-0.15, -0.1) is 0 Å². The minimum atomic E-state index is 0.0121. The van der Waals surface area contributed by atoms with Gasteiger partial charge in [-0.1, -0.05) is 25.5 Å². The van der Waals surface area contributed by atoms with Crippen LogP contribution >= 0.6 is 0 Å². The third-order valence-corrected chi connectivity index (χ3v) is 4.78. The maximum Gasteiger partial charge on any atom is 0.253 e. The number of nitriles is 2. The molecule has 1 aromatic rings. The fraction of sp³-hybridized carbons (Fsp3) is 0.476. The number of nitrogens with zero attached hydrogens (tertiary/aromatic N) is 4. The number of benzene rings is 1. The van der Waals surface area contributed by atoms with Crippen molar-refractivity contribution in [3.8, 4) is 12.1 Å². The van der Waals surface area contributed by atoms with Crippen LogP contribution in [-0.4, -0.2) is 48.4 Å². The Morgan fingerprint density at radius 1 is 1.22 bits per heavy atom. The largest absolute Gasteiger partial charge is 0.368 e. The lowest BCUT2D eigenvalue weighted by Gasteiger charge is -2.25. The number of unbranched alkanes of at least 4 members (excludes halogenated alkanes) is 1. The van der Waals surface area contributed by atoms with Gasteiger partial charge in [0.1, 0.15) is 18.0 Å². The minimum absolute atomic E-state index is 0.0121. The third kappa shape index (κ3) is 5.24. The number of rotatable bonds is 8. The van der Waals surface area contributed by atoms with Crippen molar-refractivity contribution < 1.29 is 4.79 Å². The summed E-state index contributed by atoms with van der Waals surface area (Å²) in [6, 6.07) is 11.7. The first-order valence-corrected chi connectivity index (χ1v) is 9.56. The van der Waals surface area contributed by atoms with Gasteiger partial charge in [0.2, 0.25) is 0 Å². The van der Waals surface area contributed by atoms with Crippen LogP contribution in [0, 0.1) is 22.7 Å². The Bertz CT molecular complexity index is 738. The van der Waals surface area contributed by atoms with E-state index in [2.05, 4.69) is 12.2 Å². The van der Waals surface area contributed by atoms with Gasteiger partial charge in [-0.2, -0.15) is 10.5 Å². The molecule has 0 saturated carbocycles. The molecule has 0 bridgehead atoms. The van der Waals surface area contributed by atoms with Gasteiger partial charge in [0.05, 0.1) is 0 Å². The molecule has 2 rings (SSSR count). The SMILES string of the molecule is CCCCc1ccc(C(=O)N(CC)CCN2CCNC2=C(C#N)C#N)cc1. The highest BCUT2D eigenvalue weighted by Gasteiger charge is 2.22. The third-order valence-electron chi connectivity index (χ3n) is 4.78. The monoisotopic (exact) mass is 365 g/mol. The van der Waals surface area contributed by atoms with Gasteiger partial charge < -0.3 is 15.1 Å². The standard InChI is InChI=1S/C21H27N5O/c1-3-5-6-17-7-9-18(10-8-17)21(27)25(4-2)13-14-26-12-11-24-20(26)19(15-22)16-23/h7-10,24H,3-6,11-14H2,1-2H3. The van der Waals surface area contributed by atoms with Crippen LogP contribution in [-0.2, 0) is 6.42 Å². The lowest BCUT2D eigenvalue weighted by Crippen LogP contribution is -2.38. The number of hydrogen-bond acceptors (Lipinski definition) is 5. The molecule has 142 valence electrons. The Hall–Kier alpha value is -2.99. The van der Waals surface area contributed by atoms with E-state index in [1.54, 1.807) is 4.90 Å². The van der Waals surface area contributed by atoms with Gasteiger partial charge in [-0.05, 0) is 37.5 Å². The van der Waals surface area contributed by atoms with Crippen LogP contribution < -0.4 is 5.32 Å². The Morgan fingerprint density at radius 2 is 1.93 bits per heavy atom. The average Bonchev–Trinajstić information content (AvgIpc) is 3.16. The van der Waals surface area contributed by atoms with Crippen LogP contribution in [0.3, 0.4) is 0 Å². The fourth-order valence-corrected chi connectivity index (χ4v) is 3.16. The van der Waals surface area contributed by atoms with E-state index >= 15 is 0 Å². The molecule has 1 aromatic carbocycles. The predicted octanol–water partition coefficient (Wildman–Crippen LogP) is 2.66. The van der Waals surface area contributed by atoms with E-state index in [-0.39, 0.29) is 11.5 Å². The molecule has 1 amide bonds. The van der Waals surface area contributed by atoms with Crippen molar-refractivity contribution in [2.45, 2.75) is 33.1 Å². The molecule has 1 saturated heterocycles. The van der Waals surface area contributed by atoms with E-state index < -0.39 is 0 Å². The van der Waals surface area contributed by atoms with Crippen molar-refractivity contribution >= 4 is 5.91 Å². The molecule has 6 heteroatoms. The summed E-state index contributed by atoms with van der Waals surface area (Å²) in [4.78, 5) is 16.6. The molecule has 6 nitrogen and oxygen atoms in total. The summed E-state index contributed by atoms with van der Waals surface area (Å²) in [6.07, 6.45) is 3.35. The Balaban J connectivity index is 2.00. The molecular formula is C21H27N5O. The van der Waals surface area contributed by atoms with Crippen molar-refractivity contribution in [2.75, 3.05) is 32.7 Å². The zero-order valence-corrected chi connectivity index (χ0v) is 16.2. The predicted molar refractivity (Wildman–Crippen MR) is 104 cm³/mol. The molecule has 27 heavy (non-hydrogen) atoms. The molecule has 0 atom stereocenters. The van der Waals surface area contributed by atoms with Crippen LogP contribution in [0.1, 0.15) is 42.6 Å². The normalized spacial score (nSPS) is 12.9. The number of allylic oxidation sites excluding steroid dienone is 1. The fourth-order valence-electron chi connectivity index (χ4n) is 3.16. The van der Waals surface area contributed by atoms with Crippen molar-refractivity contribution in [3.63, 3.8) is 0 Å². The van der Waals surface area contributed by atoms with Gasteiger partial charge in [-0.25, -0.2) is 0 Å². The molecular weight excluding hydrogens is 338 g/mol. The molecule has 1 aliphatic rings. The molecule has 1 N–H and O–H groups in total. The lowest BCUT2D eigenvalue weighted by atomic mass is 10.1. The second-order valence-electron chi connectivity index (χ2n) is 6.55. The minimum Gasteiger partial charge on any atom is -0.368 e. The second-order valence-corrected chi connectivity index (χ2v) is 6.55. The van der Waals surface area contributed by atoms with Gasteiger partial charge in [-0.3, -0.25) is 4.79 Å². The van der Waals surface area contributed by atoms with Crippen LogP contribution in [0.15, 0.2) is 35.7 Å². The first-order chi connectivity index (χ1) is 13.1. The van der Waals surface area contributed by atoms with Gasteiger partial charge in [0, 0.05) is 38.3 Å². The van der Waals surface area contributed by atoms with Gasteiger partial charge in [0.15, 0.2) is 5.57 Å². The summed E-state index contributed by atoms with van der Waals surface area (Å²) in [5.74, 6) is 0.585. The Morgan fingerprint density at radius 3 is 2.52 bits per heavy atom. The van der Waals surface area contributed by atoms with E-state index in [0.717, 1.165) is 25.8 Å². The first-order valence-electron chi connectivity index (χ1n) is 9.56. The summed E-state index contributed by atoms with van der Waals surface area (Å²) in [7, 11) is 0. The summed E-state index contributed by atoms with van der Waals surface area (Å²) in [5, 5.41) is 21.3. The Kier molecular flexibility index (Phi) is 7.70. The topological polar surface area (TPSA) is 83.2 Å². The molecule has 1 aliphatic heterocycles. The quantitative estimate of drug-likeness (QED) is 0.716. The zero-order chi connectivity index (χ0) is 19.6. The highest BCUT2D eigenvalue weighted by Crippen LogP contribution is 2.14. The zero-order valence-electron chi connectivity index (χ0n) is 16.2. The summed E-state index contributed by atoms with van der Waals surface area (Å²) < 4.78 is 0. The Labute approximate surface area is 161 Å². The first kappa shape index (κ1) is 20.3. The smallest absolute Gasteiger partial charge is 0.253 e. The highest BCUT2D eigenvalue weighted by molar-refractivity contribution is 5.94. The maximum absolute atomic E-state index is 12.8. The summed E-state index contributed by atoms with van der Waals surface area (Å²) >= 11 is 0. The molecule has 0 radical (unpaired) electrons. The van der Waals surface area contributed by atoms with Crippen molar-refractivity contribution in [3.05, 3.63) is 46.8 Å². The number of aryl methyl sites for hydroxylation is 1. The van der Waals surface area contributed by atoms with Crippen LogP contribution in [0.2, 0.25) is 0 Å². The summed E-state index contributed by atoms with van der Waals surface area (Å²) in [6.45, 7) is 7.29. The van der Waals surface area contributed by atoms with Crippen LogP contribution in [0.4, 0.5) is 0 Å². The molecule has 1 heterocycles. The summed E-state index contributed by atoms with van der Waals surface area (Å²) in [5.41, 5.74) is 2.04. The number of carbonyl (C=O) groups excluding carboxylic acids is 1. The van der Waals surface area contributed by atoms with Gasteiger partial charge >= 0.3 is 0 Å². The molecule has 0 unspecified atom stereocenters. The van der Waals surface area contributed by atoms with E-state index in [1.165, 1.54) is 5.56 Å². The van der Waals surface area contributed by atoms with E-state index in [0.29, 0.717) is 37.6 Å². The van der Waals surface area contributed by atoms with Crippen molar-refractivity contribution in [1.29, 1.82) is 10.5 Å². The number of likely N-dealkylation sites (N-methyl/N-ethyl adjacent to an activating group) is 1. The highest BCUT2D eigenvalue weighted by atomic mass is 16.2. The van der Waals surface area contributed by atoms with E-state index in [4.69, 9.17) is 10.5 Å². The van der Waals surface area contributed by atoms with Crippen LogP contribution in [0.25, 0.3) is 0 Å². The molecule has 0 aliphatic carbocycles. The molecule has 0 aromatic heterocycles. The number of carbonyl (C=O) groups is 1. The second kappa shape index (κ2) is 10.2. The number of amides is 1. The average molecular weight is 365 g/mol. The van der Waals surface area contributed by atoms with E-state index in [9.17, 15) is 4.79 Å².